The Morgan fingerprint density at radius 1 is 1.42 bits per heavy atom. The largest absolute Gasteiger partial charge is 0.466 e. The number of nitrogens with one attached hydrogen (secondary N) is 1. The molecule has 1 saturated heterocycles. The Morgan fingerprint density at radius 3 is 2.81 bits per heavy atom. The second kappa shape index (κ2) is 9.58. The summed E-state index contributed by atoms with van der Waals surface area (Å²) in [4.78, 5) is 33.4. The molecule has 0 saturated carbocycles. The fourth-order valence-electron chi connectivity index (χ4n) is 3.82. The maximum atomic E-state index is 8.88. The van der Waals surface area contributed by atoms with Gasteiger partial charge in [0.15, 0.2) is 0 Å². The summed E-state index contributed by atoms with van der Waals surface area (Å²) in [5.74, 6) is 1.52. The van der Waals surface area contributed by atoms with Crippen molar-refractivity contribution in [2.45, 2.75) is 45.1 Å². The molecule has 1 fully saturated rings. The summed E-state index contributed by atoms with van der Waals surface area (Å²) < 4.78 is 8.88. The zero-order chi connectivity index (χ0) is 19.2. The minimum Gasteiger partial charge on any atom is -0.351 e. The van der Waals surface area contributed by atoms with Gasteiger partial charge in [-0.25, -0.2) is 14.5 Å². The van der Waals surface area contributed by atoms with Crippen LogP contribution < -0.4 is 5.32 Å². The first-order chi connectivity index (χ1) is 12.3. The van der Waals surface area contributed by atoms with E-state index >= 15 is 0 Å². The van der Waals surface area contributed by atoms with Crippen LogP contribution >= 0.6 is 7.82 Å². The highest BCUT2D eigenvalue weighted by Gasteiger charge is 2.35. The van der Waals surface area contributed by atoms with Crippen LogP contribution in [0.25, 0.3) is 0 Å². The SMILES string of the molecule is C=CCNc1ncc2c(n1)C[C@@H]1CCCN(CCC)[C@H]1C2.O=P(O)(O)O. The minimum absolute atomic E-state index is 0.710. The Kier molecular flexibility index (Phi) is 7.73. The fraction of sp³-hybridized carbons (Fsp3) is 0.647. The standard InChI is InChI=1S/C17H26N4.H3O4P/c1-3-7-18-17-19-12-14-11-16-13(10-15(14)20-17)6-5-9-21(16)8-4-2;1-5(2,3)4/h3,12-13,16H,1,4-11H2,2H3,(H,18,19,20);(H3,1,2,3,4)/t13-,16-;/m0./s1. The molecular formula is C17H29N4O4P. The van der Waals surface area contributed by atoms with E-state index in [1.807, 2.05) is 12.3 Å². The average Bonchev–Trinajstić information content (AvgIpc) is 2.57. The second-order valence-corrected chi connectivity index (χ2v) is 7.79. The van der Waals surface area contributed by atoms with E-state index in [1.165, 1.54) is 43.6 Å². The first-order valence-electron chi connectivity index (χ1n) is 9.03. The lowest BCUT2D eigenvalue weighted by molar-refractivity contribution is 0.0845. The van der Waals surface area contributed by atoms with Gasteiger partial charge in [-0.15, -0.1) is 6.58 Å². The molecule has 146 valence electrons. The quantitative estimate of drug-likeness (QED) is 0.448. The van der Waals surface area contributed by atoms with Crippen molar-refractivity contribution in [3.8, 4) is 0 Å². The van der Waals surface area contributed by atoms with Crippen molar-refractivity contribution in [3.63, 3.8) is 0 Å². The number of fused-ring (bicyclic) bond motifs is 2. The van der Waals surface area contributed by atoms with Crippen LogP contribution in [0.15, 0.2) is 18.9 Å². The smallest absolute Gasteiger partial charge is 0.351 e. The molecule has 0 amide bonds. The van der Waals surface area contributed by atoms with Gasteiger partial charge in [0, 0.05) is 24.5 Å². The minimum atomic E-state index is -4.64. The Morgan fingerprint density at radius 2 is 2.15 bits per heavy atom. The van der Waals surface area contributed by atoms with Gasteiger partial charge in [-0.1, -0.05) is 13.0 Å². The fourth-order valence-corrected chi connectivity index (χ4v) is 3.82. The van der Waals surface area contributed by atoms with Gasteiger partial charge in [-0.2, -0.15) is 0 Å². The molecular weight excluding hydrogens is 355 g/mol. The lowest BCUT2D eigenvalue weighted by Crippen LogP contribution is -2.49. The van der Waals surface area contributed by atoms with Crippen molar-refractivity contribution in [1.82, 2.24) is 14.9 Å². The molecule has 0 bridgehead atoms. The van der Waals surface area contributed by atoms with Crippen LogP contribution in [-0.4, -0.2) is 55.2 Å². The molecule has 26 heavy (non-hydrogen) atoms. The lowest BCUT2D eigenvalue weighted by atomic mass is 9.77. The van der Waals surface area contributed by atoms with Crippen molar-refractivity contribution < 1.29 is 19.2 Å². The molecule has 2 heterocycles. The van der Waals surface area contributed by atoms with Crippen LogP contribution in [0, 0.1) is 5.92 Å². The highest BCUT2D eigenvalue weighted by atomic mass is 31.2. The Bertz CT molecular complexity index is 641. The molecule has 1 aromatic heterocycles. The number of aromatic nitrogens is 2. The van der Waals surface area contributed by atoms with Crippen LogP contribution in [-0.2, 0) is 17.4 Å². The highest BCUT2D eigenvalue weighted by molar-refractivity contribution is 7.45. The Labute approximate surface area is 154 Å². The van der Waals surface area contributed by atoms with Gasteiger partial charge < -0.3 is 20.0 Å². The molecule has 3 rings (SSSR count). The van der Waals surface area contributed by atoms with Gasteiger partial charge in [0.1, 0.15) is 0 Å². The highest BCUT2D eigenvalue weighted by Crippen LogP contribution is 2.34. The maximum absolute atomic E-state index is 8.88. The van der Waals surface area contributed by atoms with Crippen LogP contribution in [0.1, 0.15) is 37.4 Å². The summed E-state index contributed by atoms with van der Waals surface area (Å²) in [6.07, 6.45) is 10.0. The van der Waals surface area contributed by atoms with E-state index in [2.05, 4.69) is 28.7 Å². The molecule has 2 atom stereocenters. The van der Waals surface area contributed by atoms with Crippen molar-refractivity contribution in [1.29, 1.82) is 0 Å². The summed E-state index contributed by atoms with van der Waals surface area (Å²) in [6, 6.07) is 0.710. The molecule has 0 spiro atoms. The maximum Gasteiger partial charge on any atom is 0.466 e. The number of hydrogen-bond donors (Lipinski definition) is 4. The number of hydrogen-bond acceptors (Lipinski definition) is 5. The van der Waals surface area contributed by atoms with Gasteiger partial charge in [0.2, 0.25) is 5.95 Å². The van der Waals surface area contributed by atoms with Crippen LogP contribution in [0.5, 0.6) is 0 Å². The van der Waals surface area contributed by atoms with Crippen molar-refractivity contribution in [3.05, 3.63) is 30.1 Å². The molecule has 9 heteroatoms. The summed E-state index contributed by atoms with van der Waals surface area (Å²) in [7, 11) is -4.64. The Hall–Kier alpha value is -1.31. The van der Waals surface area contributed by atoms with Crippen LogP contribution in [0.4, 0.5) is 5.95 Å². The Balaban J connectivity index is 0.000000431. The molecule has 4 N–H and O–H groups in total. The van der Waals surface area contributed by atoms with E-state index in [0.717, 1.165) is 31.3 Å². The van der Waals surface area contributed by atoms with Gasteiger partial charge in [0.25, 0.3) is 0 Å². The molecule has 0 radical (unpaired) electrons. The van der Waals surface area contributed by atoms with Gasteiger partial charge in [0.05, 0.1) is 0 Å². The first kappa shape index (κ1) is 21.0. The van der Waals surface area contributed by atoms with E-state index in [1.54, 1.807) is 0 Å². The molecule has 0 unspecified atom stereocenters. The average molecular weight is 384 g/mol. The molecule has 1 aliphatic carbocycles. The van der Waals surface area contributed by atoms with Gasteiger partial charge >= 0.3 is 7.82 Å². The molecule has 8 nitrogen and oxygen atoms in total. The number of likely N-dealkylation sites (tertiary alicyclic amines) is 1. The number of rotatable bonds is 5. The number of anilines is 1. The topological polar surface area (TPSA) is 119 Å². The van der Waals surface area contributed by atoms with E-state index in [0.29, 0.717) is 6.04 Å². The summed E-state index contributed by atoms with van der Waals surface area (Å²) in [5, 5.41) is 3.19. The third-order valence-electron chi connectivity index (χ3n) is 4.79. The monoisotopic (exact) mass is 384 g/mol. The van der Waals surface area contributed by atoms with E-state index in [-0.39, 0.29) is 0 Å². The van der Waals surface area contributed by atoms with E-state index in [4.69, 9.17) is 24.2 Å². The van der Waals surface area contributed by atoms with E-state index in [9.17, 15) is 0 Å². The normalized spacial score (nSPS) is 22.5. The lowest BCUT2D eigenvalue weighted by Gasteiger charge is -2.44. The molecule has 1 aromatic rings. The zero-order valence-electron chi connectivity index (χ0n) is 15.2. The predicted molar refractivity (Wildman–Crippen MR) is 101 cm³/mol. The number of phosphoric acid groups is 1. The zero-order valence-corrected chi connectivity index (χ0v) is 16.1. The summed E-state index contributed by atoms with van der Waals surface area (Å²) in [5.41, 5.74) is 2.61. The van der Waals surface area contributed by atoms with Crippen LogP contribution in [0.2, 0.25) is 0 Å². The van der Waals surface area contributed by atoms with Gasteiger partial charge in [-0.05, 0) is 56.7 Å². The second-order valence-electron chi connectivity index (χ2n) is 6.76. The molecule has 0 aromatic carbocycles. The van der Waals surface area contributed by atoms with Crippen molar-refractivity contribution in [2.75, 3.05) is 25.0 Å². The third-order valence-corrected chi connectivity index (χ3v) is 4.79. The van der Waals surface area contributed by atoms with Gasteiger partial charge in [-0.3, -0.25) is 4.90 Å². The molecule has 2 aliphatic rings. The third kappa shape index (κ3) is 6.45. The number of piperidine rings is 1. The first-order valence-corrected chi connectivity index (χ1v) is 10.6. The van der Waals surface area contributed by atoms with Crippen LogP contribution in [0.3, 0.4) is 0 Å². The molecule has 1 aliphatic heterocycles. The van der Waals surface area contributed by atoms with Crippen molar-refractivity contribution in [2.24, 2.45) is 5.92 Å². The summed E-state index contributed by atoms with van der Waals surface area (Å²) >= 11 is 0. The van der Waals surface area contributed by atoms with Crippen molar-refractivity contribution >= 4 is 13.8 Å². The van der Waals surface area contributed by atoms with E-state index < -0.39 is 7.82 Å². The number of nitrogens with zero attached hydrogens (tertiary/aromatic N) is 3. The summed E-state index contributed by atoms with van der Waals surface area (Å²) in [6.45, 7) is 9.22. The predicted octanol–water partition coefficient (Wildman–Crippen LogP) is 1.74.